The van der Waals surface area contributed by atoms with Crippen molar-refractivity contribution in [2.75, 3.05) is 18.0 Å². The highest BCUT2D eigenvalue weighted by atomic mass is 16.4. The summed E-state index contributed by atoms with van der Waals surface area (Å²) >= 11 is 0. The zero-order valence-electron chi connectivity index (χ0n) is 12.1. The molecular formula is C16H22N2O. The lowest BCUT2D eigenvalue weighted by atomic mass is 9.86. The molecular weight excluding hydrogens is 236 g/mol. The first kappa shape index (κ1) is 12.5. The summed E-state index contributed by atoms with van der Waals surface area (Å²) in [6.45, 7) is 8.79. The highest BCUT2D eigenvalue weighted by Crippen LogP contribution is 2.32. The Morgan fingerprint density at radius 1 is 1.11 bits per heavy atom. The van der Waals surface area contributed by atoms with Crippen LogP contribution in [0.1, 0.15) is 45.6 Å². The number of hydrogen-bond acceptors (Lipinski definition) is 3. The molecule has 102 valence electrons. The molecule has 1 aliphatic heterocycles. The Kier molecular flexibility index (Phi) is 3.00. The van der Waals surface area contributed by atoms with Gasteiger partial charge < -0.3 is 9.32 Å². The normalized spacial score (nSPS) is 17.1. The summed E-state index contributed by atoms with van der Waals surface area (Å²) in [6, 6.07) is 7.04. The molecule has 2 heterocycles. The minimum Gasteiger partial charge on any atom is -0.423 e. The van der Waals surface area contributed by atoms with Gasteiger partial charge in [-0.25, -0.2) is 0 Å². The van der Waals surface area contributed by atoms with Crippen LogP contribution in [0, 0.1) is 0 Å². The van der Waals surface area contributed by atoms with E-state index in [-0.39, 0.29) is 5.41 Å². The van der Waals surface area contributed by atoms with Gasteiger partial charge in [0.2, 0.25) is 0 Å². The maximum Gasteiger partial charge on any atom is 0.298 e. The third kappa shape index (κ3) is 2.34. The number of hydrogen-bond donors (Lipinski definition) is 0. The molecule has 0 spiro atoms. The summed E-state index contributed by atoms with van der Waals surface area (Å²) < 4.78 is 5.96. The lowest BCUT2D eigenvalue weighted by molar-refractivity contribution is 0.509. The van der Waals surface area contributed by atoms with Gasteiger partial charge >= 0.3 is 0 Å². The van der Waals surface area contributed by atoms with Crippen LogP contribution in [0.3, 0.4) is 0 Å². The largest absolute Gasteiger partial charge is 0.423 e. The topological polar surface area (TPSA) is 29.3 Å². The van der Waals surface area contributed by atoms with E-state index in [0.29, 0.717) is 0 Å². The fourth-order valence-corrected chi connectivity index (χ4v) is 2.76. The van der Waals surface area contributed by atoms with Crippen LogP contribution in [0.5, 0.6) is 0 Å². The fraction of sp³-hybridized carbons (Fsp3) is 0.562. The molecule has 3 heteroatoms. The second-order valence-corrected chi connectivity index (χ2v) is 6.45. The van der Waals surface area contributed by atoms with E-state index in [0.717, 1.165) is 30.2 Å². The molecule has 0 saturated carbocycles. The van der Waals surface area contributed by atoms with Crippen molar-refractivity contribution >= 4 is 17.1 Å². The zero-order chi connectivity index (χ0) is 13.5. The second-order valence-electron chi connectivity index (χ2n) is 6.45. The molecule has 0 N–H and O–H groups in total. The van der Waals surface area contributed by atoms with Crippen LogP contribution in [0.2, 0.25) is 0 Å². The number of benzene rings is 1. The van der Waals surface area contributed by atoms with Gasteiger partial charge in [-0.15, -0.1) is 0 Å². The summed E-state index contributed by atoms with van der Waals surface area (Å²) in [6.07, 6.45) is 3.81. The van der Waals surface area contributed by atoms with E-state index in [1.54, 1.807) is 0 Å². The predicted octanol–water partition coefficient (Wildman–Crippen LogP) is 4.12. The van der Waals surface area contributed by atoms with Gasteiger partial charge in [-0.05, 0) is 36.3 Å². The van der Waals surface area contributed by atoms with E-state index in [1.165, 1.54) is 24.8 Å². The molecule has 1 aromatic heterocycles. The van der Waals surface area contributed by atoms with Crippen molar-refractivity contribution in [1.29, 1.82) is 0 Å². The van der Waals surface area contributed by atoms with Crippen molar-refractivity contribution in [3.63, 3.8) is 0 Å². The molecule has 3 rings (SSSR count). The van der Waals surface area contributed by atoms with Crippen LogP contribution in [0.15, 0.2) is 22.6 Å². The van der Waals surface area contributed by atoms with Gasteiger partial charge in [-0.3, -0.25) is 0 Å². The van der Waals surface area contributed by atoms with Crippen LogP contribution in [0.25, 0.3) is 11.1 Å². The average Bonchev–Trinajstić information content (AvgIpc) is 2.82. The van der Waals surface area contributed by atoms with Crippen LogP contribution in [0.4, 0.5) is 6.01 Å². The van der Waals surface area contributed by atoms with Gasteiger partial charge in [-0.1, -0.05) is 32.9 Å². The van der Waals surface area contributed by atoms with Crippen LogP contribution in [-0.2, 0) is 5.41 Å². The fourth-order valence-electron chi connectivity index (χ4n) is 2.76. The lowest BCUT2D eigenvalue weighted by Crippen LogP contribution is -2.29. The predicted molar refractivity (Wildman–Crippen MR) is 78.8 cm³/mol. The molecule has 19 heavy (non-hydrogen) atoms. The van der Waals surface area contributed by atoms with E-state index in [9.17, 15) is 0 Å². The summed E-state index contributed by atoms with van der Waals surface area (Å²) in [5, 5.41) is 0. The summed E-state index contributed by atoms with van der Waals surface area (Å²) in [4.78, 5) is 7.04. The lowest BCUT2D eigenvalue weighted by Gasteiger charge is -2.24. The molecule has 3 nitrogen and oxygen atoms in total. The SMILES string of the molecule is CC(C)(C)c1cccc2oc(N3CCCCC3)nc12. The summed E-state index contributed by atoms with van der Waals surface area (Å²) in [5.74, 6) is 0. The first-order valence-corrected chi connectivity index (χ1v) is 7.21. The van der Waals surface area contributed by atoms with Gasteiger partial charge in [0.25, 0.3) is 6.01 Å². The number of para-hydroxylation sites is 1. The Bertz CT molecular complexity index is 574. The van der Waals surface area contributed by atoms with Gasteiger partial charge in [0.05, 0.1) is 0 Å². The third-order valence-electron chi connectivity index (χ3n) is 3.84. The molecule has 2 aromatic rings. The molecule has 0 amide bonds. The number of piperidine rings is 1. The first-order valence-electron chi connectivity index (χ1n) is 7.21. The third-order valence-corrected chi connectivity index (χ3v) is 3.84. The molecule has 0 atom stereocenters. The van der Waals surface area contributed by atoms with Crippen molar-refractivity contribution in [2.24, 2.45) is 0 Å². The van der Waals surface area contributed by atoms with Gasteiger partial charge in [0.15, 0.2) is 5.58 Å². The highest BCUT2D eigenvalue weighted by Gasteiger charge is 2.22. The van der Waals surface area contributed by atoms with E-state index < -0.39 is 0 Å². The smallest absolute Gasteiger partial charge is 0.298 e. The Hall–Kier alpha value is -1.51. The Labute approximate surface area is 114 Å². The molecule has 0 aliphatic carbocycles. The molecule has 1 saturated heterocycles. The van der Waals surface area contributed by atoms with Crippen LogP contribution in [-0.4, -0.2) is 18.1 Å². The van der Waals surface area contributed by atoms with Crippen molar-refractivity contribution in [1.82, 2.24) is 4.98 Å². The number of fused-ring (bicyclic) bond motifs is 1. The minimum absolute atomic E-state index is 0.0928. The van der Waals surface area contributed by atoms with Crippen LogP contribution >= 0.6 is 0 Å². The molecule has 1 aromatic carbocycles. The first-order chi connectivity index (χ1) is 9.05. The Balaban J connectivity index is 2.05. The van der Waals surface area contributed by atoms with Crippen molar-refractivity contribution < 1.29 is 4.42 Å². The van der Waals surface area contributed by atoms with Crippen LogP contribution < -0.4 is 4.90 Å². The molecule has 1 fully saturated rings. The van der Waals surface area contributed by atoms with E-state index >= 15 is 0 Å². The summed E-state index contributed by atoms with van der Waals surface area (Å²) in [5.41, 5.74) is 3.29. The number of anilines is 1. The van der Waals surface area contributed by atoms with Crippen molar-refractivity contribution in [3.8, 4) is 0 Å². The van der Waals surface area contributed by atoms with E-state index in [1.807, 2.05) is 6.07 Å². The maximum atomic E-state index is 5.96. The Morgan fingerprint density at radius 2 is 1.84 bits per heavy atom. The summed E-state index contributed by atoms with van der Waals surface area (Å²) in [7, 11) is 0. The number of rotatable bonds is 1. The Morgan fingerprint density at radius 3 is 2.53 bits per heavy atom. The molecule has 0 unspecified atom stereocenters. The standard InChI is InChI=1S/C16H22N2O/c1-16(2,3)12-8-7-9-13-14(12)17-15(19-13)18-10-5-4-6-11-18/h7-9H,4-6,10-11H2,1-3H3. The van der Waals surface area contributed by atoms with Gasteiger partial charge in [-0.2, -0.15) is 4.98 Å². The number of nitrogens with zero attached hydrogens (tertiary/aromatic N) is 2. The number of oxazole rings is 1. The molecule has 0 bridgehead atoms. The van der Waals surface area contributed by atoms with Gasteiger partial charge in [0.1, 0.15) is 5.52 Å². The average molecular weight is 258 g/mol. The van der Waals surface area contributed by atoms with Crippen molar-refractivity contribution in [3.05, 3.63) is 23.8 Å². The molecule has 0 radical (unpaired) electrons. The van der Waals surface area contributed by atoms with Gasteiger partial charge in [0, 0.05) is 13.1 Å². The highest BCUT2D eigenvalue weighted by molar-refractivity contribution is 5.79. The van der Waals surface area contributed by atoms with E-state index in [4.69, 9.17) is 9.40 Å². The number of aromatic nitrogens is 1. The molecule has 1 aliphatic rings. The second kappa shape index (κ2) is 4.55. The monoisotopic (exact) mass is 258 g/mol. The van der Waals surface area contributed by atoms with E-state index in [2.05, 4.69) is 37.8 Å². The van der Waals surface area contributed by atoms with Crippen molar-refractivity contribution in [2.45, 2.75) is 45.4 Å². The zero-order valence-corrected chi connectivity index (χ0v) is 12.1. The quantitative estimate of drug-likeness (QED) is 0.770. The maximum absolute atomic E-state index is 5.96. The minimum atomic E-state index is 0.0928.